The van der Waals surface area contributed by atoms with E-state index >= 15 is 0 Å². The fourth-order valence-corrected chi connectivity index (χ4v) is 4.98. The van der Waals surface area contributed by atoms with E-state index in [-0.39, 0.29) is 18.4 Å². The van der Waals surface area contributed by atoms with Gasteiger partial charge in [0, 0.05) is 13.1 Å². The molecule has 5 heteroatoms. The molecule has 2 aromatic carbocycles. The third-order valence-electron chi connectivity index (χ3n) is 6.59. The highest BCUT2D eigenvalue weighted by atomic mass is 16.3. The Kier molecular flexibility index (Phi) is 7.03. The number of benzene rings is 2. The number of rotatable bonds is 7. The Labute approximate surface area is 184 Å². The van der Waals surface area contributed by atoms with Gasteiger partial charge in [-0.25, -0.2) is 4.98 Å². The molecule has 1 amide bonds. The number of hydrogen-bond acceptors (Lipinski definition) is 3. The summed E-state index contributed by atoms with van der Waals surface area (Å²) in [6.07, 6.45) is 7.11. The van der Waals surface area contributed by atoms with Gasteiger partial charge in [-0.1, -0.05) is 62.1 Å². The molecule has 5 nitrogen and oxygen atoms in total. The van der Waals surface area contributed by atoms with Crippen molar-refractivity contribution in [2.75, 3.05) is 13.2 Å². The SMILES string of the molecule is Cc1nc2ccccc2n1Cc1ccc(C(C(=O)NCCO)C2CCCCCC2)cc1. The lowest BCUT2D eigenvalue weighted by Gasteiger charge is -2.26. The van der Waals surface area contributed by atoms with Crippen molar-refractivity contribution in [3.63, 3.8) is 0 Å². The van der Waals surface area contributed by atoms with Gasteiger partial charge in [0.2, 0.25) is 5.91 Å². The average Bonchev–Trinajstić information content (AvgIpc) is 2.94. The molecule has 1 aromatic heterocycles. The molecule has 2 N–H and O–H groups in total. The van der Waals surface area contributed by atoms with Crippen molar-refractivity contribution in [1.82, 2.24) is 14.9 Å². The Bertz CT molecular complexity index is 1000. The minimum atomic E-state index is -0.144. The van der Waals surface area contributed by atoms with Crippen molar-refractivity contribution in [2.45, 2.75) is 57.9 Å². The topological polar surface area (TPSA) is 67.2 Å². The number of carbonyl (C=O) groups excluding carboxylic acids is 1. The zero-order valence-electron chi connectivity index (χ0n) is 18.4. The molecule has 1 aliphatic rings. The summed E-state index contributed by atoms with van der Waals surface area (Å²) in [6.45, 7) is 3.09. The van der Waals surface area contributed by atoms with Crippen molar-refractivity contribution < 1.29 is 9.90 Å². The van der Waals surface area contributed by atoms with Crippen LogP contribution in [0.5, 0.6) is 0 Å². The van der Waals surface area contributed by atoms with Crippen LogP contribution in [0.3, 0.4) is 0 Å². The molecule has 0 spiro atoms. The summed E-state index contributed by atoms with van der Waals surface area (Å²) in [5, 5.41) is 12.1. The lowest BCUT2D eigenvalue weighted by molar-refractivity contribution is -0.124. The first kappa shape index (κ1) is 21.6. The Morgan fingerprint density at radius 2 is 1.81 bits per heavy atom. The standard InChI is InChI=1S/C26H33N3O2/c1-19-28-23-10-6-7-11-24(23)29(19)18-20-12-14-22(15-13-20)25(26(31)27-16-17-30)21-8-4-2-3-5-9-21/h6-7,10-15,21,25,30H,2-5,8-9,16-18H2,1H3,(H,27,31). The third-order valence-corrected chi connectivity index (χ3v) is 6.59. The molecular formula is C26H33N3O2. The second kappa shape index (κ2) is 10.1. The minimum absolute atomic E-state index is 0.0275. The summed E-state index contributed by atoms with van der Waals surface area (Å²) in [6, 6.07) is 16.8. The predicted molar refractivity (Wildman–Crippen MR) is 124 cm³/mol. The number of para-hydroxylation sites is 2. The van der Waals surface area contributed by atoms with Gasteiger partial charge in [-0.3, -0.25) is 4.79 Å². The summed E-state index contributed by atoms with van der Waals surface area (Å²) < 4.78 is 2.24. The highest BCUT2D eigenvalue weighted by Crippen LogP contribution is 2.35. The maximum absolute atomic E-state index is 13.0. The van der Waals surface area contributed by atoms with Gasteiger partial charge in [0.15, 0.2) is 0 Å². The maximum Gasteiger partial charge on any atom is 0.227 e. The fraction of sp³-hybridized carbons (Fsp3) is 0.462. The average molecular weight is 420 g/mol. The van der Waals surface area contributed by atoms with E-state index in [2.05, 4.69) is 45.2 Å². The Balaban J connectivity index is 1.57. The van der Waals surface area contributed by atoms with Crippen molar-refractivity contribution in [1.29, 1.82) is 0 Å². The van der Waals surface area contributed by atoms with Gasteiger partial charge in [0.05, 0.1) is 23.6 Å². The molecule has 0 bridgehead atoms. The Morgan fingerprint density at radius 1 is 1.10 bits per heavy atom. The van der Waals surface area contributed by atoms with E-state index in [1.165, 1.54) is 31.2 Å². The number of carbonyl (C=O) groups is 1. The van der Waals surface area contributed by atoms with E-state index in [1.54, 1.807) is 0 Å². The lowest BCUT2D eigenvalue weighted by atomic mass is 9.80. The monoisotopic (exact) mass is 419 g/mol. The van der Waals surface area contributed by atoms with E-state index < -0.39 is 0 Å². The van der Waals surface area contributed by atoms with Crippen LogP contribution in [0.15, 0.2) is 48.5 Å². The molecule has 0 aliphatic heterocycles. The van der Waals surface area contributed by atoms with Gasteiger partial charge in [0.1, 0.15) is 5.82 Å². The molecule has 1 heterocycles. The van der Waals surface area contributed by atoms with Crippen molar-refractivity contribution in [3.8, 4) is 0 Å². The number of fused-ring (bicyclic) bond motifs is 1. The van der Waals surface area contributed by atoms with E-state index in [4.69, 9.17) is 5.11 Å². The minimum Gasteiger partial charge on any atom is -0.395 e. The maximum atomic E-state index is 13.0. The fourth-order valence-electron chi connectivity index (χ4n) is 4.98. The molecule has 1 fully saturated rings. The summed E-state index contributed by atoms with van der Waals surface area (Å²) in [5.41, 5.74) is 4.44. The number of hydrogen-bond donors (Lipinski definition) is 2. The van der Waals surface area contributed by atoms with Crippen LogP contribution in [0.1, 0.15) is 61.4 Å². The van der Waals surface area contributed by atoms with E-state index in [9.17, 15) is 4.79 Å². The molecular weight excluding hydrogens is 386 g/mol. The molecule has 3 aromatic rings. The van der Waals surface area contributed by atoms with Gasteiger partial charge in [-0.05, 0) is 48.9 Å². The van der Waals surface area contributed by atoms with Crippen LogP contribution in [0.2, 0.25) is 0 Å². The molecule has 31 heavy (non-hydrogen) atoms. The number of nitrogens with zero attached hydrogens (tertiary/aromatic N) is 2. The molecule has 4 rings (SSSR count). The lowest BCUT2D eigenvalue weighted by Crippen LogP contribution is -2.35. The van der Waals surface area contributed by atoms with E-state index in [0.717, 1.165) is 41.8 Å². The van der Waals surface area contributed by atoms with Crippen LogP contribution < -0.4 is 5.32 Å². The normalized spacial score (nSPS) is 16.2. The molecule has 1 atom stereocenters. The number of aliphatic hydroxyl groups excluding tert-OH is 1. The molecule has 1 saturated carbocycles. The van der Waals surface area contributed by atoms with Crippen LogP contribution in [-0.4, -0.2) is 33.7 Å². The summed E-state index contributed by atoms with van der Waals surface area (Å²) >= 11 is 0. The molecule has 0 radical (unpaired) electrons. The third kappa shape index (κ3) is 4.99. The van der Waals surface area contributed by atoms with E-state index in [1.807, 2.05) is 25.1 Å². The summed E-state index contributed by atoms with van der Waals surface area (Å²) in [4.78, 5) is 17.7. The second-order valence-electron chi connectivity index (χ2n) is 8.72. The second-order valence-corrected chi connectivity index (χ2v) is 8.72. The smallest absolute Gasteiger partial charge is 0.227 e. The van der Waals surface area contributed by atoms with Gasteiger partial charge in [-0.15, -0.1) is 0 Å². The van der Waals surface area contributed by atoms with Crippen LogP contribution >= 0.6 is 0 Å². The first-order chi connectivity index (χ1) is 15.2. The number of imidazole rings is 1. The Hall–Kier alpha value is -2.66. The highest BCUT2D eigenvalue weighted by Gasteiger charge is 2.30. The van der Waals surface area contributed by atoms with Crippen molar-refractivity contribution in [3.05, 3.63) is 65.5 Å². The number of aromatic nitrogens is 2. The number of nitrogens with one attached hydrogen (secondary N) is 1. The van der Waals surface area contributed by atoms with E-state index in [0.29, 0.717) is 12.5 Å². The molecule has 1 unspecified atom stereocenters. The zero-order chi connectivity index (χ0) is 21.6. The summed E-state index contributed by atoms with van der Waals surface area (Å²) in [5.74, 6) is 1.27. The van der Waals surface area contributed by atoms with Gasteiger partial charge in [0.25, 0.3) is 0 Å². The van der Waals surface area contributed by atoms with Gasteiger partial charge < -0.3 is 15.0 Å². The van der Waals surface area contributed by atoms with Crippen LogP contribution in [0.25, 0.3) is 11.0 Å². The summed E-state index contributed by atoms with van der Waals surface area (Å²) in [7, 11) is 0. The largest absolute Gasteiger partial charge is 0.395 e. The van der Waals surface area contributed by atoms with Crippen molar-refractivity contribution in [2.24, 2.45) is 5.92 Å². The first-order valence-corrected chi connectivity index (χ1v) is 11.6. The predicted octanol–water partition coefficient (Wildman–Crippen LogP) is 4.56. The zero-order valence-corrected chi connectivity index (χ0v) is 18.4. The number of aryl methyl sites for hydroxylation is 1. The number of aliphatic hydroxyl groups is 1. The Morgan fingerprint density at radius 3 is 2.52 bits per heavy atom. The van der Waals surface area contributed by atoms with Crippen LogP contribution in [-0.2, 0) is 11.3 Å². The molecule has 164 valence electrons. The van der Waals surface area contributed by atoms with Crippen molar-refractivity contribution >= 4 is 16.9 Å². The van der Waals surface area contributed by atoms with Gasteiger partial charge >= 0.3 is 0 Å². The van der Waals surface area contributed by atoms with Crippen LogP contribution in [0, 0.1) is 12.8 Å². The quantitative estimate of drug-likeness (QED) is 0.552. The van der Waals surface area contributed by atoms with Crippen LogP contribution in [0.4, 0.5) is 0 Å². The highest BCUT2D eigenvalue weighted by molar-refractivity contribution is 5.84. The first-order valence-electron chi connectivity index (χ1n) is 11.6. The van der Waals surface area contributed by atoms with Gasteiger partial charge in [-0.2, -0.15) is 0 Å². The number of amides is 1. The molecule has 0 saturated heterocycles. The molecule has 1 aliphatic carbocycles.